The Kier molecular flexibility index (Phi) is 13.4. The Morgan fingerprint density at radius 2 is 1.79 bits per heavy atom. The van der Waals surface area contributed by atoms with Crippen molar-refractivity contribution >= 4 is 67.2 Å². The average Bonchev–Trinajstić information content (AvgIpc) is 3.80. The van der Waals surface area contributed by atoms with E-state index in [9.17, 15) is 28.1 Å². The number of nitro benzene ring substituents is 1. The average molecular weight is 1010 g/mol. The van der Waals surface area contributed by atoms with E-state index in [1.807, 2.05) is 18.2 Å². The number of ether oxygens (including phenoxy) is 3. The number of pyridine rings is 1. The van der Waals surface area contributed by atoms with E-state index in [0.717, 1.165) is 93.4 Å². The van der Waals surface area contributed by atoms with Crippen LogP contribution in [0.2, 0.25) is 5.02 Å². The molecule has 5 aliphatic rings. The normalized spacial score (nSPS) is 21.6. The number of anilines is 2. The van der Waals surface area contributed by atoms with Gasteiger partial charge in [-0.2, -0.15) is 0 Å². The molecule has 3 saturated heterocycles. The summed E-state index contributed by atoms with van der Waals surface area (Å²) in [5, 5.41) is 17.2. The number of carbonyl (C=O) groups excluding carboxylic acids is 2. The van der Waals surface area contributed by atoms with Crippen molar-refractivity contribution in [1.82, 2.24) is 24.5 Å². The predicted molar refractivity (Wildman–Crippen MR) is 270 cm³/mol. The zero-order chi connectivity index (χ0) is 49.7. The molecule has 0 bridgehead atoms. The first-order valence-electron chi connectivity index (χ1n) is 24.3. The number of hydrogen-bond acceptors (Lipinski definition) is 14. The van der Waals surface area contributed by atoms with Crippen LogP contribution in [-0.4, -0.2) is 123 Å². The molecule has 4 fully saturated rings. The molecule has 3 aliphatic heterocycles. The molecular weight excluding hydrogens is 948 g/mol. The fourth-order valence-electron chi connectivity index (χ4n) is 11.3. The molecule has 19 heteroatoms. The Balaban J connectivity index is 0.818. The highest BCUT2D eigenvalue weighted by Gasteiger charge is 2.55. The van der Waals surface area contributed by atoms with Gasteiger partial charge in [0.05, 0.1) is 41.2 Å². The van der Waals surface area contributed by atoms with Gasteiger partial charge in [-0.25, -0.2) is 18.1 Å². The fraction of sp³-hybridized carbons (Fsp3) is 0.442. The highest BCUT2D eigenvalue weighted by Crippen LogP contribution is 2.51. The maximum atomic E-state index is 14.1. The van der Waals surface area contributed by atoms with E-state index < -0.39 is 31.4 Å². The van der Waals surface area contributed by atoms with E-state index in [-0.39, 0.29) is 51.8 Å². The van der Waals surface area contributed by atoms with Crippen LogP contribution >= 0.6 is 11.6 Å². The molecule has 1 amide bonds. The SMILES string of the molecule is COC(=O)C1COCCC1N1CC2(CC(Nc3ccc(S(=O)(=O)NC(=O)c4ccc(N5CCN(CC6=C(c7ccc(Cl)cc7)CC(C)(C)CC6)CC5)cc4Oc4cnc5[nH]ccc5c4)cc3[N+](=O)[O-])C2)C1. The molecule has 17 nitrogen and oxygen atoms in total. The Morgan fingerprint density at radius 3 is 2.54 bits per heavy atom. The molecule has 1 saturated carbocycles. The zero-order valence-electron chi connectivity index (χ0n) is 40.1. The van der Waals surface area contributed by atoms with Crippen molar-refractivity contribution in [2.75, 3.05) is 76.4 Å². The molecule has 1 spiro atoms. The molecular formula is C52H59ClN8O9S. The molecule has 3 aromatic carbocycles. The summed E-state index contributed by atoms with van der Waals surface area (Å²) in [6.07, 6.45) is 8.72. The van der Waals surface area contributed by atoms with E-state index in [1.54, 1.807) is 30.5 Å². The molecule has 71 heavy (non-hydrogen) atoms. The number of halogens is 1. The van der Waals surface area contributed by atoms with E-state index in [2.05, 4.69) is 60.7 Å². The summed E-state index contributed by atoms with van der Waals surface area (Å²) in [4.78, 5) is 52.3. The highest BCUT2D eigenvalue weighted by atomic mass is 35.5. The molecule has 2 atom stereocenters. The molecule has 5 heterocycles. The number of nitrogens with one attached hydrogen (secondary N) is 3. The number of sulfonamides is 1. The molecule has 2 unspecified atom stereocenters. The van der Waals surface area contributed by atoms with Crippen LogP contribution in [0.5, 0.6) is 11.5 Å². The monoisotopic (exact) mass is 1010 g/mol. The van der Waals surface area contributed by atoms with Crippen LogP contribution in [0.15, 0.2) is 95.7 Å². The maximum Gasteiger partial charge on any atom is 0.312 e. The number of nitro groups is 1. The second-order valence-corrected chi connectivity index (χ2v) is 22.8. The van der Waals surface area contributed by atoms with Crippen molar-refractivity contribution in [3.05, 3.63) is 117 Å². The predicted octanol–water partition coefficient (Wildman–Crippen LogP) is 8.28. The van der Waals surface area contributed by atoms with Crippen molar-refractivity contribution in [3.63, 3.8) is 0 Å². The van der Waals surface area contributed by atoms with Crippen LogP contribution < -0.4 is 19.7 Å². The Morgan fingerprint density at radius 1 is 1.01 bits per heavy atom. The van der Waals surface area contributed by atoms with Crippen molar-refractivity contribution < 1.29 is 37.1 Å². The number of carbonyl (C=O) groups is 2. The van der Waals surface area contributed by atoms with Gasteiger partial charge in [-0.15, -0.1) is 0 Å². The van der Waals surface area contributed by atoms with Gasteiger partial charge >= 0.3 is 5.97 Å². The molecule has 3 N–H and O–H groups in total. The van der Waals surface area contributed by atoms with Gasteiger partial charge in [-0.3, -0.25) is 29.5 Å². The Bertz CT molecular complexity index is 2990. The lowest BCUT2D eigenvalue weighted by Crippen LogP contribution is -2.69. The summed E-state index contributed by atoms with van der Waals surface area (Å²) in [6.45, 7) is 11.1. The van der Waals surface area contributed by atoms with Crippen molar-refractivity contribution in [2.45, 2.75) is 69.4 Å². The topological polar surface area (TPSA) is 202 Å². The molecule has 5 aromatic rings. The number of piperazine rings is 1. The van der Waals surface area contributed by atoms with Gasteiger partial charge in [0.25, 0.3) is 21.6 Å². The van der Waals surface area contributed by atoms with E-state index >= 15 is 0 Å². The standard InChI is InChI=1S/C52H59ClN8O9S/c1-51(2)15-12-35(42(27-51)33-4-6-36(53)7-5-33)29-58-17-19-59(20-18-58)38-8-10-41(47(23-38)70-39-22-34-13-16-54-48(34)55-28-39)49(62)57-71(66,67)40-9-11-44(46(24-40)61(64)65)56-37-25-52(26-37)31-60(32-52)45-14-21-69-30-43(45)50(63)68-3/h4-11,13,16,22-24,28,37,43,45,56H,12,14-15,17-21,25-27,29-32H2,1-3H3,(H,54,55)(H,57,62). The first kappa shape index (κ1) is 48.6. The van der Waals surface area contributed by atoms with Gasteiger partial charge in [0, 0.05) is 98.9 Å². The van der Waals surface area contributed by atoms with Gasteiger partial charge in [-0.05, 0) is 109 Å². The zero-order valence-corrected chi connectivity index (χ0v) is 41.7. The smallest absolute Gasteiger partial charge is 0.312 e. The largest absolute Gasteiger partial charge is 0.469 e. The van der Waals surface area contributed by atoms with Crippen LogP contribution in [-0.2, 0) is 24.3 Å². The number of aromatic nitrogens is 2. The fourth-order valence-corrected chi connectivity index (χ4v) is 12.4. The van der Waals surface area contributed by atoms with Crippen LogP contribution in [0.3, 0.4) is 0 Å². The van der Waals surface area contributed by atoms with E-state index in [0.29, 0.717) is 37.7 Å². The number of esters is 1. The summed E-state index contributed by atoms with van der Waals surface area (Å²) < 4.78 is 46.9. The minimum Gasteiger partial charge on any atom is -0.469 e. The number of H-pyrrole nitrogens is 1. The van der Waals surface area contributed by atoms with Crippen LogP contribution in [0.25, 0.3) is 16.6 Å². The minimum absolute atomic E-state index is 0.0364. The summed E-state index contributed by atoms with van der Waals surface area (Å²) >= 11 is 6.26. The van der Waals surface area contributed by atoms with Crippen molar-refractivity contribution in [1.29, 1.82) is 0 Å². The summed E-state index contributed by atoms with van der Waals surface area (Å²) in [5.41, 5.74) is 5.50. The first-order chi connectivity index (χ1) is 34.0. The number of hydrogen-bond donors (Lipinski definition) is 3. The molecule has 374 valence electrons. The third-order valence-corrected chi connectivity index (χ3v) is 16.7. The molecule has 0 radical (unpaired) electrons. The minimum atomic E-state index is -4.61. The third kappa shape index (κ3) is 10.4. The first-order valence-corrected chi connectivity index (χ1v) is 26.1. The summed E-state index contributed by atoms with van der Waals surface area (Å²) in [6, 6.07) is 20.4. The maximum absolute atomic E-state index is 14.1. The number of benzene rings is 3. The van der Waals surface area contributed by atoms with Crippen LogP contribution in [0, 0.1) is 26.9 Å². The van der Waals surface area contributed by atoms with Gasteiger partial charge in [0.15, 0.2) is 0 Å². The van der Waals surface area contributed by atoms with Crippen LogP contribution in [0.1, 0.15) is 68.3 Å². The molecule has 10 rings (SSSR count). The number of likely N-dealkylation sites (tertiary alicyclic amines) is 1. The van der Waals surface area contributed by atoms with Gasteiger partial charge in [0.1, 0.15) is 22.8 Å². The van der Waals surface area contributed by atoms with Crippen LogP contribution in [0.4, 0.5) is 17.1 Å². The number of rotatable bonds is 14. The number of allylic oxidation sites excluding steroid dienone is 1. The lowest BCUT2D eigenvalue weighted by molar-refractivity contribution is -0.384. The third-order valence-electron chi connectivity index (χ3n) is 15.1. The lowest BCUT2D eigenvalue weighted by atomic mass is 9.60. The van der Waals surface area contributed by atoms with E-state index in [4.69, 9.17) is 25.8 Å². The summed E-state index contributed by atoms with van der Waals surface area (Å²) in [5.74, 6) is -1.12. The highest BCUT2D eigenvalue weighted by molar-refractivity contribution is 7.90. The van der Waals surface area contributed by atoms with Gasteiger partial charge < -0.3 is 29.4 Å². The second kappa shape index (κ2) is 19.5. The Labute approximate surface area is 418 Å². The van der Waals surface area contributed by atoms with Gasteiger partial charge in [0.2, 0.25) is 0 Å². The lowest BCUT2D eigenvalue weighted by Gasteiger charge is -2.62. The van der Waals surface area contributed by atoms with Crippen molar-refractivity contribution in [3.8, 4) is 11.5 Å². The van der Waals surface area contributed by atoms with E-state index in [1.165, 1.54) is 42.1 Å². The van der Waals surface area contributed by atoms with Crippen molar-refractivity contribution in [2.24, 2.45) is 16.7 Å². The number of amides is 1. The molecule has 2 aromatic heterocycles. The molecule has 2 aliphatic carbocycles. The number of methoxy groups -OCH3 is 1. The second-order valence-electron chi connectivity index (χ2n) is 20.6. The van der Waals surface area contributed by atoms with Gasteiger partial charge in [-0.1, -0.05) is 43.2 Å². The quantitative estimate of drug-likeness (QED) is 0.0545. The summed E-state index contributed by atoms with van der Waals surface area (Å²) in [7, 11) is -3.22. The number of fused-ring (bicyclic) bond motifs is 1. The Hall–Kier alpha value is -6.05. The number of nitrogens with zero attached hydrogens (tertiary/aromatic N) is 5. The number of aromatic amines is 1.